The monoisotopic (exact) mass is 506 g/mol. The number of aryl methyl sites for hydroxylation is 1. The van der Waals surface area contributed by atoms with E-state index in [-0.39, 0.29) is 18.9 Å². The molecule has 11 heteroatoms. The summed E-state index contributed by atoms with van der Waals surface area (Å²) in [5.41, 5.74) is 0.804. The van der Waals surface area contributed by atoms with Crippen molar-refractivity contribution in [3.05, 3.63) is 97.9 Å². The molecular weight excluding hydrogens is 484 g/mol. The lowest BCUT2D eigenvalue weighted by atomic mass is 10.2. The lowest BCUT2D eigenvalue weighted by Crippen LogP contribution is -2.44. The van der Waals surface area contributed by atoms with Gasteiger partial charge in [0.25, 0.3) is 0 Å². The van der Waals surface area contributed by atoms with E-state index in [0.29, 0.717) is 28.6 Å². The van der Waals surface area contributed by atoms with E-state index in [1.165, 1.54) is 4.57 Å². The highest BCUT2D eigenvalue weighted by Gasteiger charge is 2.18. The highest BCUT2D eigenvalue weighted by Crippen LogP contribution is 2.23. The predicted molar refractivity (Wildman–Crippen MR) is 135 cm³/mol. The molecule has 10 nitrogen and oxygen atoms in total. The van der Waals surface area contributed by atoms with Gasteiger partial charge in [0, 0.05) is 29.2 Å². The molecule has 0 unspecified atom stereocenters. The number of carbonyl (C=O) groups excluding carboxylic acids is 1. The number of aromatic nitrogens is 5. The van der Waals surface area contributed by atoms with Crippen LogP contribution in [-0.2, 0) is 11.3 Å². The third-order valence-corrected chi connectivity index (χ3v) is 5.59. The average molecular weight is 507 g/mol. The molecule has 184 valence electrons. The van der Waals surface area contributed by atoms with Gasteiger partial charge >= 0.3 is 11.4 Å². The zero-order valence-corrected chi connectivity index (χ0v) is 20.3. The van der Waals surface area contributed by atoms with Crippen LogP contribution in [0.3, 0.4) is 0 Å². The second-order valence-corrected chi connectivity index (χ2v) is 8.54. The van der Waals surface area contributed by atoms with Crippen molar-refractivity contribution >= 4 is 29.5 Å². The van der Waals surface area contributed by atoms with Crippen LogP contribution < -0.4 is 21.4 Å². The van der Waals surface area contributed by atoms with E-state index in [0.717, 1.165) is 15.8 Å². The van der Waals surface area contributed by atoms with Gasteiger partial charge in [0.05, 0.1) is 12.2 Å². The van der Waals surface area contributed by atoms with Crippen molar-refractivity contribution in [2.45, 2.75) is 32.9 Å². The zero-order valence-electron chi connectivity index (χ0n) is 19.6. The summed E-state index contributed by atoms with van der Waals surface area (Å²) in [6.45, 7) is 3.58. The molecule has 0 saturated heterocycles. The topological polar surface area (TPSA) is 121 Å². The van der Waals surface area contributed by atoms with Gasteiger partial charge in [0.2, 0.25) is 11.8 Å². The third kappa shape index (κ3) is 5.84. The maximum Gasteiger partial charge on any atom is 0.355 e. The minimum Gasteiger partial charge on any atom is -0.438 e. The first kappa shape index (κ1) is 24.8. The third-order valence-electron chi connectivity index (χ3n) is 5.34. The number of rotatable bonds is 9. The Kier molecular flexibility index (Phi) is 7.55. The zero-order chi connectivity index (χ0) is 25.7. The fourth-order valence-electron chi connectivity index (χ4n) is 3.44. The lowest BCUT2D eigenvalue weighted by molar-refractivity contribution is -0.108. The Hall–Kier alpha value is -4.31. The molecule has 0 spiro atoms. The summed E-state index contributed by atoms with van der Waals surface area (Å²) in [5, 5.41) is 11.5. The van der Waals surface area contributed by atoms with Crippen LogP contribution in [0.1, 0.15) is 30.6 Å². The smallest absolute Gasteiger partial charge is 0.355 e. The maximum absolute atomic E-state index is 13.3. The fourth-order valence-corrected chi connectivity index (χ4v) is 3.56. The summed E-state index contributed by atoms with van der Waals surface area (Å²) in [7, 11) is 0. The minimum atomic E-state index is -0.748. The molecule has 1 N–H and O–H groups in total. The van der Waals surface area contributed by atoms with Gasteiger partial charge in [-0.25, -0.2) is 14.2 Å². The highest BCUT2D eigenvalue weighted by atomic mass is 35.5. The van der Waals surface area contributed by atoms with Crippen molar-refractivity contribution in [2.24, 2.45) is 0 Å². The van der Waals surface area contributed by atoms with E-state index in [1.807, 2.05) is 6.92 Å². The number of ether oxygens (including phenoxy) is 1. The van der Waals surface area contributed by atoms with Crippen molar-refractivity contribution < 1.29 is 9.53 Å². The van der Waals surface area contributed by atoms with Crippen LogP contribution in [0.15, 0.2) is 70.3 Å². The van der Waals surface area contributed by atoms with Crippen molar-refractivity contribution in [3.63, 3.8) is 0 Å². The number of halogens is 1. The quantitative estimate of drug-likeness (QED) is 0.339. The molecule has 2 heterocycles. The van der Waals surface area contributed by atoms with Crippen LogP contribution >= 0.6 is 11.6 Å². The van der Waals surface area contributed by atoms with Crippen LogP contribution in [0.25, 0.3) is 0 Å². The van der Waals surface area contributed by atoms with Crippen LogP contribution in [0.5, 0.6) is 11.6 Å². The Morgan fingerprint density at radius 1 is 1.03 bits per heavy atom. The SMILES string of the molecule is Cc1ccc(Oc2ccc(Nc3nc(=O)n([C@@H](C)CC=O)c(=O)n3Cc3ccc(Cl)cc3)cc2)nn1. The molecule has 2 aromatic carbocycles. The minimum absolute atomic E-state index is 0.0113. The molecule has 0 saturated carbocycles. The summed E-state index contributed by atoms with van der Waals surface area (Å²) >= 11 is 5.99. The second kappa shape index (κ2) is 11.0. The van der Waals surface area contributed by atoms with Gasteiger partial charge in [-0.15, -0.1) is 5.10 Å². The fraction of sp³-hybridized carbons (Fsp3) is 0.200. The molecule has 1 atom stereocenters. The summed E-state index contributed by atoms with van der Waals surface area (Å²) < 4.78 is 8.02. The Labute approximate surface area is 211 Å². The van der Waals surface area contributed by atoms with E-state index in [2.05, 4.69) is 20.5 Å². The highest BCUT2D eigenvalue weighted by molar-refractivity contribution is 6.30. The van der Waals surface area contributed by atoms with E-state index in [4.69, 9.17) is 16.3 Å². The van der Waals surface area contributed by atoms with Crippen molar-refractivity contribution in [1.82, 2.24) is 24.3 Å². The predicted octanol–water partition coefficient (Wildman–Crippen LogP) is 3.89. The van der Waals surface area contributed by atoms with Gasteiger partial charge in [0.1, 0.15) is 12.0 Å². The number of hydrogen-bond donors (Lipinski definition) is 1. The van der Waals surface area contributed by atoms with Crippen LogP contribution in [0, 0.1) is 6.92 Å². The van der Waals surface area contributed by atoms with Gasteiger partial charge in [0.15, 0.2) is 0 Å². The maximum atomic E-state index is 13.3. The number of hydrogen-bond acceptors (Lipinski definition) is 8. The summed E-state index contributed by atoms with van der Waals surface area (Å²) in [6, 6.07) is 16.7. The summed E-state index contributed by atoms with van der Waals surface area (Å²) in [4.78, 5) is 41.2. The Morgan fingerprint density at radius 2 is 1.75 bits per heavy atom. The van der Waals surface area contributed by atoms with E-state index in [9.17, 15) is 14.4 Å². The number of nitrogens with one attached hydrogen (secondary N) is 1. The summed E-state index contributed by atoms with van der Waals surface area (Å²) in [6.07, 6.45) is 0.676. The van der Waals surface area contributed by atoms with Gasteiger partial charge < -0.3 is 14.8 Å². The largest absolute Gasteiger partial charge is 0.438 e. The first-order valence-electron chi connectivity index (χ1n) is 11.1. The number of nitrogens with zero attached hydrogens (tertiary/aromatic N) is 5. The second-order valence-electron chi connectivity index (χ2n) is 8.10. The number of aldehydes is 1. The number of carbonyl (C=O) groups is 1. The van der Waals surface area contributed by atoms with E-state index < -0.39 is 17.4 Å². The number of anilines is 2. The van der Waals surface area contributed by atoms with Crippen molar-refractivity contribution in [1.29, 1.82) is 0 Å². The average Bonchev–Trinajstić information content (AvgIpc) is 2.85. The van der Waals surface area contributed by atoms with Gasteiger partial charge in [-0.1, -0.05) is 23.7 Å². The Morgan fingerprint density at radius 3 is 2.39 bits per heavy atom. The summed E-state index contributed by atoms with van der Waals surface area (Å²) in [5.74, 6) is 0.948. The Bertz CT molecular complexity index is 1470. The molecule has 36 heavy (non-hydrogen) atoms. The van der Waals surface area contributed by atoms with E-state index in [1.54, 1.807) is 67.6 Å². The standard InChI is InChI=1S/C25H23ClN6O4/c1-16-3-12-22(30-29-16)36-21-10-8-20(9-11-21)27-23-28-24(34)32(17(2)13-14-33)25(35)31(23)15-18-4-6-19(26)7-5-18/h3-12,14,17H,13,15H2,1-2H3,(H,27,28,34)/t17-/m0/s1. The van der Waals surface area contributed by atoms with Crippen molar-refractivity contribution in [3.8, 4) is 11.6 Å². The molecule has 4 rings (SSSR count). The molecular formula is C25H23ClN6O4. The lowest BCUT2D eigenvalue weighted by Gasteiger charge is -2.18. The molecule has 0 fully saturated rings. The molecule has 0 aliphatic heterocycles. The molecule has 0 amide bonds. The molecule has 0 aliphatic rings. The first-order chi connectivity index (χ1) is 17.3. The van der Waals surface area contributed by atoms with Gasteiger partial charge in [-0.2, -0.15) is 10.1 Å². The van der Waals surface area contributed by atoms with Crippen LogP contribution in [-0.4, -0.2) is 30.6 Å². The first-order valence-corrected chi connectivity index (χ1v) is 11.5. The molecule has 0 radical (unpaired) electrons. The van der Waals surface area contributed by atoms with Gasteiger partial charge in [-0.3, -0.25) is 4.57 Å². The molecule has 4 aromatic rings. The molecule has 0 bridgehead atoms. The van der Waals surface area contributed by atoms with Crippen LogP contribution in [0.2, 0.25) is 5.02 Å². The van der Waals surface area contributed by atoms with Crippen molar-refractivity contribution in [2.75, 3.05) is 5.32 Å². The normalized spacial score (nSPS) is 11.6. The Balaban J connectivity index is 1.65. The molecule has 2 aromatic heterocycles. The van der Waals surface area contributed by atoms with Crippen LogP contribution in [0.4, 0.5) is 11.6 Å². The van der Waals surface area contributed by atoms with Gasteiger partial charge in [-0.05, 0) is 61.9 Å². The molecule has 0 aliphatic carbocycles. The van der Waals surface area contributed by atoms with E-state index >= 15 is 0 Å². The number of benzene rings is 2.